The Balaban J connectivity index is 2.56. The maximum absolute atomic E-state index is 9.27. The van der Waals surface area contributed by atoms with E-state index in [9.17, 15) is 5.11 Å². The molecular weight excluding hydrogens is 196 g/mol. The average molecular weight is 202 g/mol. The molecule has 1 aromatic heterocycles. The quantitative estimate of drug-likeness (QED) is 0.592. The van der Waals surface area contributed by atoms with Crippen molar-refractivity contribution < 1.29 is 10.2 Å². The second-order valence-electron chi connectivity index (χ2n) is 2.84. The van der Waals surface area contributed by atoms with Crippen molar-refractivity contribution in [1.82, 2.24) is 15.4 Å². The van der Waals surface area contributed by atoms with Crippen LogP contribution in [0.2, 0.25) is 0 Å². The van der Waals surface area contributed by atoms with Crippen molar-refractivity contribution in [3.05, 3.63) is 23.9 Å². The molecule has 0 amide bonds. The van der Waals surface area contributed by atoms with Crippen LogP contribution in [0, 0.1) is 11.3 Å². The van der Waals surface area contributed by atoms with Gasteiger partial charge in [-0.15, -0.1) is 5.10 Å². The van der Waals surface area contributed by atoms with Crippen LogP contribution in [0.5, 0.6) is 11.5 Å². The van der Waals surface area contributed by atoms with E-state index in [0.717, 1.165) is 0 Å². The number of aromatic nitrogens is 3. The van der Waals surface area contributed by atoms with Gasteiger partial charge in [-0.25, -0.2) is 0 Å². The molecule has 0 unspecified atom stereocenters. The summed E-state index contributed by atoms with van der Waals surface area (Å²) in [4.78, 5) is 0. The molecule has 3 N–H and O–H groups in total. The summed E-state index contributed by atoms with van der Waals surface area (Å²) in [6.07, 6.45) is 0. The van der Waals surface area contributed by atoms with Crippen LogP contribution in [0.15, 0.2) is 18.2 Å². The third-order valence-corrected chi connectivity index (χ3v) is 1.90. The van der Waals surface area contributed by atoms with Crippen LogP contribution in [0.1, 0.15) is 5.69 Å². The monoisotopic (exact) mass is 202 g/mol. The minimum absolute atomic E-state index is 0.139. The lowest BCUT2D eigenvalue weighted by molar-refractivity contribution is 0.404. The highest BCUT2D eigenvalue weighted by Gasteiger charge is 2.11. The van der Waals surface area contributed by atoms with Gasteiger partial charge in [0.15, 0.2) is 17.2 Å². The molecular formula is C9H6N4O2. The summed E-state index contributed by atoms with van der Waals surface area (Å²) in [7, 11) is 0. The lowest BCUT2D eigenvalue weighted by Gasteiger charge is -1.99. The van der Waals surface area contributed by atoms with Crippen LogP contribution >= 0.6 is 0 Å². The van der Waals surface area contributed by atoms with Crippen molar-refractivity contribution in [2.75, 3.05) is 0 Å². The molecule has 0 atom stereocenters. The van der Waals surface area contributed by atoms with Crippen molar-refractivity contribution in [3.63, 3.8) is 0 Å². The van der Waals surface area contributed by atoms with Crippen LogP contribution in [0.25, 0.3) is 11.3 Å². The highest BCUT2D eigenvalue weighted by Crippen LogP contribution is 2.30. The van der Waals surface area contributed by atoms with E-state index >= 15 is 0 Å². The standard InChI is InChI=1S/C9H6N4O2/c10-4-6-9(12-13-11-6)5-1-2-7(14)8(15)3-5/h1-3,14-15H,(H,11,12,13). The molecule has 15 heavy (non-hydrogen) atoms. The van der Waals surface area contributed by atoms with Crippen molar-refractivity contribution in [2.45, 2.75) is 0 Å². The lowest BCUT2D eigenvalue weighted by Crippen LogP contribution is -1.82. The molecule has 0 aliphatic carbocycles. The number of benzene rings is 1. The molecule has 0 aliphatic heterocycles. The van der Waals surface area contributed by atoms with Gasteiger partial charge in [0.1, 0.15) is 11.8 Å². The zero-order chi connectivity index (χ0) is 10.8. The van der Waals surface area contributed by atoms with Crippen molar-refractivity contribution in [1.29, 1.82) is 5.26 Å². The Bertz CT molecular complexity index is 541. The summed E-state index contributed by atoms with van der Waals surface area (Å²) >= 11 is 0. The van der Waals surface area contributed by atoms with Gasteiger partial charge in [-0.2, -0.15) is 15.6 Å². The second kappa shape index (κ2) is 3.31. The summed E-state index contributed by atoms with van der Waals surface area (Å²) in [5.74, 6) is -0.486. The molecule has 0 radical (unpaired) electrons. The number of nitrogens with one attached hydrogen (secondary N) is 1. The average Bonchev–Trinajstić information content (AvgIpc) is 2.70. The fourth-order valence-electron chi connectivity index (χ4n) is 1.18. The first kappa shape index (κ1) is 9.02. The van der Waals surface area contributed by atoms with Gasteiger partial charge in [0.05, 0.1) is 0 Å². The highest BCUT2D eigenvalue weighted by atomic mass is 16.3. The van der Waals surface area contributed by atoms with Crippen molar-refractivity contribution >= 4 is 0 Å². The first-order valence-electron chi connectivity index (χ1n) is 4.05. The molecule has 6 heteroatoms. The Morgan fingerprint density at radius 3 is 2.67 bits per heavy atom. The Hall–Kier alpha value is -2.55. The zero-order valence-corrected chi connectivity index (χ0v) is 7.47. The van der Waals surface area contributed by atoms with E-state index in [4.69, 9.17) is 10.4 Å². The van der Waals surface area contributed by atoms with Gasteiger partial charge in [0.25, 0.3) is 0 Å². The number of phenols is 2. The van der Waals surface area contributed by atoms with Crippen molar-refractivity contribution in [2.24, 2.45) is 0 Å². The van der Waals surface area contributed by atoms with Crippen LogP contribution in [0.4, 0.5) is 0 Å². The Kier molecular flexibility index (Phi) is 1.99. The van der Waals surface area contributed by atoms with E-state index < -0.39 is 0 Å². The number of nitriles is 1. The number of rotatable bonds is 1. The zero-order valence-electron chi connectivity index (χ0n) is 7.47. The highest BCUT2D eigenvalue weighted by molar-refractivity contribution is 5.67. The molecule has 0 saturated carbocycles. The first-order chi connectivity index (χ1) is 7.22. The minimum Gasteiger partial charge on any atom is -0.504 e. The molecule has 2 rings (SSSR count). The SMILES string of the molecule is N#Cc1n[nH]nc1-c1ccc(O)c(O)c1. The minimum atomic E-state index is -0.264. The first-order valence-corrected chi connectivity index (χ1v) is 4.05. The normalized spacial score (nSPS) is 9.80. The third kappa shape index (κ3) is 1.46. The summed E-state index contributed by atoms with van der Waals surface area (Å²) in [6, 6.07) is 6.03. The van der Waals surface area contributed by atoms with E-state index in [2.05, 4.69) is 15.4 Å². The van der Waals surface area contributed by atoms with Gasteiger partial charge < -0.3 is 10.2 Å². The number of aromatic amines is 1. The molecule has 0 spiro atoms. The molecule has 74 valence electrons. The summed E-state index contributed by atoms with van der Waals surface area (Å²) in [6.45, 7) is 0. The number of nitrogens with zero attached hydrogens (tertiary/aromatic N) is 3. The molecule has 2 aromatic rings. The van der Waals surface area contributed by atoms with Gasteiger partial charge in [-0.1, -0.05) is 0 Å². The van der Waals surface area contributed by atoms with E-state index in [1.165, 1.54) is 18.2 Å². The maximum Gasteiger partial charge on any atom is 0.190 e. The van der Waals surface area contributed by atoms with E-state index in [1.54, 1.807) is 0 Å². The lowest BCUT2D eigenvalue weighted by atomic mass is 10.1. The van der Waals surface area contributed by atoms with Gasteiger partial charge >= 0.3 is 0 Å². The number of phenolic OH excluding ortho intramolecular Hbond substituents is 2. The Morgan fingerprint density at radius 2 is 2.00 bits per heavy atom. The fraction of sp³-hybridized carbons (Fsp3) is 0. The summed E-state index contributed by atoms with van der Waals surface area (Å²) < 4.78 is 0. The van der Waals surface area contributed by atoms with E-state index in [1.807, 2.05) is 6.07 Å². The van der Waals surface area contributed by atoms with Gasteiger partial charge in [-0.05, 0) is 18.2 Å². The summed E-state index contributed by atoms with van der Waals surface area (Å²) in [5.41, 5.74) is 0.989. The number of hydrogen-bond donors (Lipinski definition) is 3. The van der Waals surface area contributed by atoms with Crippen LogP contribution in [0.3, 0.4) is 0 Å². The fourth-order valence-corrected chi connectivity index (χ4v) is 1.18. The largest absolute Gasteiger partial charge is 0.504 e. The molecule has 1 heterocycles. The smallest absolute Gasteiger partial charge is 0.190 e. The number of H-pyrrole nitrogens is 1. The van der Waals surface area contributed by atoms with Gasteiger partial charge in [0, 0.05) is 5.56 Å². The molecule has 1 aromatic carbocycles. The topological polar surface area (TPSA) is 106 Å². The molecule has 6 nitrogen and oxygen atoms in total. The van der Waals surface area contributed by atoms with Crippen LogP contribution < -0.4 is 0 Å². The Labute approximate surface area is 84.4 Å². The molecule has 0 bridgehead atoms. The van der Waals surface area contributed by atoms with E-state index in [0.29, 0.717) is 11.3 Å². The maximum atomic E-state index is 9.27. The number of hydrogen-bond acceptors (Lipinski definition) is 5. The molecule has 0 saturated heterocycles. The predicted octanol–water partition coefficient (Wildman–Crippen LogP) is 0.755. The molecule has 0 aliphatic rings. The van der Waals surface area contributed by atoms with Gasteiger partial charge in [0.2, 0.25) is 0 Å². The summed E-state index contributed by atoms with van der Waals surface area (Å²) in [5, 5.41) is 36.8. The van der Waals surface area contributed by atoms with Crippen LogP contribution in [-0.2, 0) is 0 Å². The number of aromatic hydroxyl groups is 2. The van der Waals surface area contributed by atoms with Gasteiger partial charge in [-0.3, -0.25) is 0 Å². The van der Waals surface area contributed by atoms with E-state index in [-0.39, 0.29) is 17.2 Å². The predicted molar refractivity (Wildman–Crippen MR) is 49.9 cm³/mol. The Morgan fingerprint density at radius 1 is 1.20 bits per heavy atom. The van der Waals surface area contributed by atoms with Crippen LogP contribution in [-0.4, -0.2) is 25.6 Å². The third-order valence-electron chi connectivity index (χ3n) is 1.90. The van der Waals surface area contributed by atoms with Crippen molar-refractivity contribution in [3.8, 4) is 28.8 Å². The second-order valence-corrected chi connectivity index (χ2v) is 2.84. The molecule has 0 fully saturated rings.